The van der Waals surface area contributed by atoms with Gasteiger partial charge in [-0.15, -0.1) is 0 Å². The minimum atomic E-state index is 0.180. The normalized spacial score (nSPS) is 28.5. The first kappa shape index (κ1) is 13.4. The summed E-state index contributed by atoms with van der Waals surface area (Å²) in [7, 11) is 2.15. The number of nitrogens with one attached hydrogen (secondary N) is 1. The predicted octanol–water partition coefficient (Wildman–Crippen LogP) is 2.46. The Kier molecular flexibility index (Phi) is 4.08. The summed E-state index contributed by atoms with van der Waals surface area (Å²) in [6, 6.07) is 9.06. The molecule has 1 aromatic carbocycles. The summed E-state index contributed by atoms with van der Waals surface area (Å²) in [5, 5.41) is 4.41. The third-order valence-corrected chi connectivity index (χ3v) is 4.36. The van der Waals surface area contributed by atoms with Gasteiger partial charge in [0, 0.05) is 24.2 Å². The van der Waals surface area contributed by atoms with Crippen LogP contribution in [-0.4, -0.2) is 43.8 Å². The van der Waals surface area contributed by atoms with Crippen LogP contribution in [-0.2, 0) is 4.74 Å². The van der Waals surface area contributed by atoms with E-state index in [1.807, 2.05) is 12.1 Å². The fourth-order valence-corrected chi connectivity index (χ4v) is 3.00. The molecule has 2 fully saturated rings. The fraction of sp³-hybridized carbons (Fsp3) is 0.600. The zero-order valence-corrected chi connectivity index (χ0v) is 12.1. The quantitative estimate of drug-likeness (QED) is 0.917. The molecule has 19 heavy (non-hydrogen) atoms. The van der Waals surface area contributed by atoms with Crippen molar-refractivity contribution in [1.29, 1.82) is 0 Å². The molecule has 1 aliphatic carbocycles. The highest BCUT2D eigenvalue weighted by Gasteiger charge is 2.33. The second-order valence-corrected chi connectivity index (χ2v) is 5.95. The van der Waals surface area contributed by atoms with Gasteiger partial charge in [0.05, 0.1) is 18.8 Å². The van der Waals surface area contributed by atoms with Crippen molar-refractivity contribution in [2.75, 3.05) is 26.7 Å². The molecule has 2 atom stereocenters. The Morgan fingerprint density at radius 1 is 1.37 bits per heavy atom. The van der Waals surface area contributed by atoms with Crippen molar-refractivity contribution in [1.82, 2.24) is 10.2 Å². The van der Waals surface area contributed by atoms with Gasteiger partial charge in [-0.1, -0.05) is 29.8 Å². The first-order chi connectivity index (χ1) is 9.25. The monoisotopic (exact) mass is 280 g/mol. The van der Waals surface area contributed by atoms with Crippen LogP contribution in [0.25, 0.3) is 0 Å². The third-order valence-electron chi connectivity index (χ3n) is 4.01. The summed E-state index contributed by atoms with van der Waals surface area (Å²) >= 11 is 6.36. The molecule has 0 amide bonds. The first-order valence-electron chi connectivity index (χ1n) is 7.05. The van der Waals surface area contributed by atoms with Gasteiger partial charge in [0.15, 0.2) is 0 Å². The highest BCUT2D eigenvalue weighted by atomic mass is 35.5. The lowest BCUT2D eigenvalue weighted by atomic mass is 9.98. The molecule has 2 aliphatic rings. The van der Waals surface area contributed by atoms with E-state index in [9.17, 15) is 0 Å². The van der Waals surface area contributed by atoms with Crippen molar-refractivity contribution >= 4 is 11.6 Å². The molecule has 0 aromatic heterocycles. The molecule has 3 rings (SSSR count). The topological polar surface area (TPSA) is 24.5 Å². The van der Waals surface area contributed by atoms with Crippen LogP contribution < -0.4 is 5.32 Å². The number of halogens is 1. The Bertz CT molecular complexity index is 436. The molecule has 1 saturated heterocycles. The van der Waals surface area contributed by atoms with Crippen LogP contribution in [0.5, 0.6) is 0 Å². The SMILES string of the molecule is CN1CCOC(CNC2CC2)C1c1ccccc1Cl. The predicted molar refractivity (Wildman–Crippen MR) is 77.6 cm³/mol. The Balaban J connectivity index is 1.78. The number of morpholine rings is 1. The maximum absolute atomic E-state index is 6.36. The molecule has 1 heterocycles. The molecular formula is C15H21ClN2O. The van der Waals surface area contributed by atoms with Crippen LogP contribution in [0.3, 0.4) is 0 Å². The third kappa shape index (κ3) is 3.11. The minimum Gasteiger partial charge on any atom is -0.374 e. The molecular weight excluding hydrogens is 260 g/mol. The molecule has 0 bridgehead atoms. The maximum Gasteiger partial charge on any atom is 0.0897 e. The van der Waals surface area contributed by atoms with Crippen molar-refractivity contribution in [3.63, 3.8) is 0 Å². The Morgan fingerprint density at radius 3 is 2.89 bits per heavy atom. The maximum atomic E-state index is 6.36. The van der Waals surface area contributed by atoms with E-state index in [0.29, 0.717) is 6.04 Å². The van der Waals surface area contributed by atoms with Crippen LogP contribution in [0.2, 0.25) is 5.02 Å². The van der Waals surface area contributed by atoms with Gasteiger partial charge in [0.1, 0.15) is 0 Å². The Labute approximate surface area is 119 Å². The van der Waals surface area contributed by atoms with E-state index in [1.54, 1.807) is 0 Å². The average Bonchev–Trinajstić information content (AvgIpc) is 3.22. The van der Waals surface area contributed by atoms with Crippen LogP contribution >= 0.6 is 11.6 Å². The standard InChI is InChI=1S/C15H21ClN2O/c1-18-8-9-19-14(10-17-11-6-7-11)15(18)12-4-2-3-5-13(12)16/h2-5,11,14-15,17H,6-10H2,1H3. The van der Waals surface area contributed by atoms with Gasteiger partial charge in [-0.3, -0.25) is 4.90 Å². The van der Waals surface area contributed by atoms with Crippen LogP contribution in [0.1, 0.15) is 24.4 Å². The highest BCUT2D eigenvalue weighted by Crippen LogP contribution is 2.33. The fourth-order valence-electron chi connectivity index (χ4n) is 2.76. The molecule has 1 aliphatic heterocycles. The van der Waals surface area contributed by atoms with E-state index in [1.165, 1.54) is 18.4 Å². The van der Waals surface area contributed by atoms with Gasteiger partial charge in [-0.2, -0.15) is 0 Å². The number of likely N-dealkylation sites (N-methyl/N-ethyl adjacent to an activating group) is 1. The van der Waals surface area contributed by atoms with Crippen LogP contribution in [0.15, 0.2) is 24.3 Å². The van der Waals surface area contributed by atoms with Gasteiger partial charge in [0.2, 0.25) is 0 Å². The number of ether oxygens (including phenoxy) is 1. The van der Waals surface area contributed by atoms with Crippen molar-refractivity contribution in [3.05, 3.63) is 34.9 Å². The zero-order valence-electron chi connectivity index (χ0n) is 11.3. The van der Waals surface area contributed by atoms with E-state index >= 15 is 0 Å². The molecule has 3 nitrogen and oxygen atoms in total. The van der Waals surface area contributed by atoms with Crippen molar-refractivity contribution in [2.24, 2.45) is 0 Å². The second kappa shape index (κ2) is 5.80. The summed E-state index contributed by atoms with van der Waals surface area (Å²) in [4.78, 5) is 2.35. The molecule has 1 saturated carbocycles. The van der Waals surface area contributed by atoms with Gasteiger partial charge in [0.25, 0.3) is 0 Å². The summed E-state index contributed by atoms with van der Waals surface area (Å²) in [5.41, 5.74) is 1.17. The molecule has 104 valence electrons. The van der Waals surface area contributed by atoms with E-state index in [-0.39, 0.29) is 12.1 Å². The molecule has 0 radical (unpaired) electrons. The van der Waals surface area contributed by atoms with Gasteiger partial charge >= 0.3 is 0 Å². The van der Waals surface area contributed by atoms with Crippen LogP contribution in [0.4, 0.5) is 0 Å². The van der Waals surface area contributed by atoms with Crippen molar-refractivity contribution in [3.8, 4) is 0 Å². The number of hydrogen-bond donors (Lipinski definition) is 1. The van der Waals surface area contributed by atoms with E-state index in [0.717, 1.165) is 24.7 Å². The average molecular weight is 281 g/mol. The summed E-state index contributed by atoms with van der Waals surface area (Å²) in [6.45, 7) is 2.66. The molecule has 1 aromatic rings. The summed E-state index contributed by atoms with van der Waals surface area (Å²) in [5.74, 6) is 0. The number of hydrogen-bond acceptors (Lipinski definition) is 3. The largest absolute Gasteiger partial charge is 0.374 e. The number of nitrogens with zero attached hydrogens (tertiary/aromatic N) is 1. The van der Waals surface area contributed by atoms with Crippen LogP contribution in [0, 0.1) is 0 Å². The summed E-state index contributed by atoms with van der Waals surface area (Å²) < 4.78 is 5.99. The zero-order chi connectivity index (χ0) is 13.2. The van der Waals surface area contributed by atoms with E-state index < -0.39 is 0 Å². The van der Waals surface area contributed by atoms with Gasteiger partial charge in [-0.25, -0.2) is 0 Å². The Morgan fingerprint density at radius 2 is 2.16 bits per heavy atom. The Hall–Kier alpha value is -0.610. The highest BCUT2D eigenvalue weighted by molar-refractivity contribution is 6.31. The number of benzene rings is 1. The summed E-state index contributed by atoms with van der Waals surface area (Å²) in [6.07, 6.45) is 2.79. The molecule has 4 heteroatoms. The van der Waals surface area contributed by atoms with E-state index in [2.05, 4.69) is 29.4 Å². The molecule has 0 spiro atoms. The lowest BCUT2D eigenvalue weighted by molar-refractivity contribution is -0.0614. The number of rotatable bonds is 4. The minimum absolute atomic E-state index is 0.180. The first-order valence-corrected chi connectivity index (χ1v) is 7.43. The lowest BCUT2D eigenvalue weighted by Gasteiger charge is -2.40. The van der Waals surface area contributed by atoms with Gasteiger partial charge in [-0.05, 0) is 31.5 Å². The van der Waals surface area contributed by atoms with Gasteiger partial charge < -0.3 is 10.1 Å². The van der Waals surface area contributed by atoms with Crippen molar-refractivity contribution in [2.45, 2.75) is 31.0 Å². The smallest absolute Gasteiger partial charge is 0.0897 e. The lowest BCUT2D eigenvalue weighted by Crippen LogP contribution is -2.47. The van der Waals surface area contributed by atoms with Crippen molar-refractivity contribution < 1.29 is 4.74 Å². The van der Waals surface area contributed by atoms with E-state index in [4.69, 9.17) is 16.3 Å². The second-order valence-electron chi connectivity index (χ2n) is 5.54. The molecule has 1 N–H and O–H groups in total. The molecule has 2 unspecified atom stereocenters.